The van der Waals surface area contributed by atoms with Crippen LogP contribution in [0.5, 0.6) is 0 Å². The molecule has 0 aromatic carbocycles. The monoisotopic (exact) mass is 282 g/mol. The van der Waals surface area contributed by atoms with Crippen LogP contribution >= 0.6 is 0 Å². The van der Waals surface area contributed by atoms with E-state index in [9.17, 15) is 9.59 Å². The van der Waals surface area contributed by atoms with E-state index in [4.69, 9.17) is 5.11 Å². The predicted octanol–water partition coefficient (Wildman–Crippen LogP) is 1.41. The maximum Gasteiger partial charge on any atom is 0.356 e. The third kappa shape index (κ3) is 3.97. The molecule has 112 valence electrons. The summed E-state index contributed by atoms with van der Waals surface area (Å²) in [6, 6.07) is -0.143. The van der Waals surface area contributed by atoms with E-state index in [1.807, 2.05) is 20.8 Å². The van der Waals surface area contributed by atoms with E-state index in [-0.39, 0.29) is 17.3 Å². The molecule has 7 heteroatoms. The lowest BCUT2D eigenvalue weighted by Gasteiger charge is -2.34. The average molecular weight is 282 g/mol. The summed E-state index contributed by atoms with van der Waals surface area (Å²) < 4.78 is 1.63. The topological polar surface area (TPSA) is 87.5 Å². The molecule has 0 atom stereocenters. The molecule has 1 aromatic heterocycles. The van der Waals surface area contributed by atoms with Crippen molar-refractivity contribution in [1.82, 2.24) is 19.8 Å². The molecular formula is C13H22N4O3. The van der Waals surface area contributed by atoms with Crippen molar-refractivity contribution in [2.45, 2.75) is 39.3 Å². The number of imidazole rings is 1. The van der Waals surface area contributed by atoms with Crippen molar-refractivity contribution in [1.29, 1.82) is 0 Å². The molecule has 0 fully saturated rings. The molecule has 0 aliphatic rings. The Morgan fingerprint density at radius 3 is 2.65 bits per heavy atom. The van der Waals surface area contributed by atoms with E-state index in [2.05, 4.69) is 10.3 Å². The molecule has 0 saturated carbocycles. The maximum atomic E-state index is 11.9. The Hall–Kier alpha value is -2.05. The van der Waals surface area contributed by atoms with Crippen molar-refractivity contribution in [3.63, 3.8) is 0 Å². The molecule has 1 heterocycles. The van der Waals surface area contributed by atoms with Crippen LogP contribution in [0.15, 0.2) is 12.5 Å². The minimum absolute atomic E-state index is 0.000519. The van der Waals surface area contributed by atoms with Crippen LogP contribution < -0.4 is 5.32 Å². The van der Waals surface area contributed by atoms with Gasteiger partial charge in [0.15, 0.2) is 5.69 Å². The number of urea groups is 1. The van der Waals surface area contributed by atoms with Crippen molar-refractivity contribution < 1.29 is 14.7 Å². The number of nitrogens with zero attached hydrogens (tertiary/aromatic N) is 3. The fourth-order valence-corrected chi connectivity index (χ4v) is 1.52. The van der Waals surface area contributed by atoms with E-state index in [0.717, 1.165) is 6.42 Å². The zero-order chi connectivity index (χ0) is 15.3. The zero-order valence-electron chi connectivity index (χ0n) is 12.4. The summed E-state index contributed by atoms with van der Waals surface area (Å²) in [6.07, 6.45) is 3.74. The van der Waals surface area contributed by atoms with Gasteiger partial charge in [0.05, 0.1) is 6.33 Å². The number of nitrogens with one attached hydrogen (secondary N) is 1. The number of aromatic carboxylic acids is 1. The first-order valence-corrected chi connectivity index (χ1v) is 6.54. The van der Waals surface area contributed by atoms with Gasteiger partial charge in [-0.25, -0.2) is 14.6 Å². The number of carbonyl (C=O) groups excluding carboxylic acids is 1. The second kappa shape index (κ2) is 6.40. The highest BCUT2D eigenvalue weighted by Crippen LogP contribution is 2.15. The van der Waals surface area contributed by atoms with E-state index >= 15 is 0 Å². The van der Waals surface area contributed by atoms with Gasteiger partial charge in [0.1, 0.15) is 0 Å². The largest absolute Gasteiger partial charge is 0.476 e. The van der Waals surface area contributed by atoms with Crippen molar-refractivity contribution in [3.05, 3.63) is 18.2 Å². The number of hydrogen-bond donors (Lipinski definition) is 2. The molecule has 2 amide bonds. The summed E-state index contributed by atoms with van der Waals surface area (Å²) in [7, 11) is 1.76. The van der Waals surface area contributed by atoms with Gasteiger partial charge in [-0.1, -0.05) is 6.92 Å². The molecule has 0 spiro atoms. The fraction of sp³-hybridized carbons (Fsp3) is 0.615. The molecule has 0 unspecified atom stereocenters. The molecular weight excluding hydrogens is 260 g/mol. The lowest BCUT2D eigenvalue weighted by atomic mass is 10.0. The summed E-state index contributed by atoms with van der Waals surface area (Å²) in [4.78, 5) is 28.0. The van der Waals surface area contributed by atoms with Gasteiger partial charge < -0.3 is 19.9 Å². The van der Waals surface area contributed by atoms with Crippen LogP contribution in [0.1, 0.15) is 37.7 Å². The van der Waals surface area contributed by atoms with Crippen LogP contribution in [0.3, 0.4) is 0 Å². The van der Waals surface area contributed by atoms with Crippen LogP contribution in [0.2, 0.25) is 0 Å². The van der Waals surface area contributed by atoms with E-state index in [1.54, 1.807) is 16.5 Å². The second-order valence-electron chi connectivity index (χ2n) is 5.26. The standard InChI is InChI=1S/C13H22N4O3/c1-5-13(2,3)16(4)12(20)14-6-7-17-8-10(11(18)19)15-9-17/h8-9H,5-7H2,1-4H3,(H,14,20)(H,18,19). The van der Waals surface area contributed by atoms with Crippen LogP contribution in [-0.2, 0) is 6.54 Å². The number of carbonyl (C=O) groups is 2. The van der Waals surface area contributed by atoms with Crippen molar-refractivity contribution in [2.24, 2.45) is 0 Å². The van der Waals surface area contributed by atoms with Gasteiger partial charge in [-0.2, -0.15) is 0 Å². The first-order chi connectivity index (χ1) is 9.27. The number of rotatable bonds is 6. The molecule has 0 bridgehead atoms. The zero-order valence-corrected chi connectivity index (χ0v) is 12.4. The van der Waals surface area contributed by atoms with Crippen LogP contribution in [0.25, 0.3) is 0 Å². The third-order valence-electron chi connectivity index (χ3n) is 3.58. The summed E-state index contributed by atoms with van der Waals surface area (Å²) in [6.45, 7) is 6.93. The fourth-order valence-electron chi connectivity index (χ4n) is 1.52. The van der Waals surface area contributed by atoms with Gasteiger partial charge in [-0.3, -0.25) is 0 Å². The van der Waals surface area contributed by atoms with Gasteiger partial charge in [-0.05, 0) is 20.3 Å². The van der Waals surface area contributed by atoms with Crippen molar-refractivity contribution in [2.75, 3.05) is 13.6 Å². The van der Waals surface area contributed by atoms with E-state index < -0.39 is 5.97 Å². The summed E-state index contributed by atoms with van der Waals surface area (Å²) in [5, 5.41) is 11.5. The number of amides is 2. The van der Waals surface area contributed by atoms with Crippen LogP contribution in [0.4, 0.5) is 4.79 Å². The number of carboxylic acid groups (broad SMARTS) is 1. The SMILES string of the molecule is CCC(C)(C)N(C)C(=O)NCCn1cnc(C(=O)O)c1. The highest BCUT2D eigenvalue weighted by molar-refractivity contribution is 5.84. The highest BCUT2D eigenvalue weighted by atomic mass is 16.4. The lowest BCUT2D eigenvalue weighted by molar-refractivity contribution is 0.0691. The number of aromatic nitrogens is 2. The Balaban J connectivity index is 2.44. The molecule has 20 heavy (non-hydrogen) atoms. The molecule has 0 aliphatic heterocycles. The molecule has 1 aromatic rings. The average Bonchev–Trinajstić information content (AvgIpc) is 2.86. The maximum absolute atomic E-state index is 11.9. The molecule has 0 aliphatic carbocycles. The van der Waals surface area contributed by atoms with Crippen molar-refractivity contribution in [3.8, 4) is 0 Å². The van der Waals surface area contributed by atoms with Gasteiger partial charge in [0.2, 0.25) is 0 Å². The number of carboxylic acids is 1. The number of hydrogen-bond acceptors (Lipinski definition) is 3. The Bertz CT molecular complexity index is 482. The summed E-state index contributed by atoms with van der Waals surface area (Å²) in [5.41, 5.74) is -0.198. The highest BCUT2D eigenvalue weighted by Gasteiger charge is 2.25. The molecule has 0 radical (unpaired) electrons. The molecule has 7 nitrogen and oxygen atoms in total. The van der Waals surface area contributed by atoms with E-state index in [0.29, 0.717) is 13.1 Å². The Kier molecular flexibility index (Phi) is 5.12. The third-order valence-corrected chi connectivity index (χ3v) is 3.58. The first-order valence-electron chi connectivity index (χ1n) is 6.54. The van der Waals surface area contributed by atoms with Gasteiger partial charge in [0.25, 0.3) is 0 Å². The Morgan fingerprint density at radius 2 is 2.15 bits per heavy atom. The second-order valence-corrected chi connectivity index (χ2v) is 5.26. The minimum atomic E-state index is -1.06. The normalized spacial score (nSPS) is 11.2. The quantitative estimate of drug-likeness (QED) is 0.826. The Labute approximate surface area is 118 Å². The summed E-state index contributed by atoms with van der Waals surface area (Å²) in [5.74, 6) is -1.06. The lowest BCUT2D eigenvalue weighted by Crippen LogP contribution is -2.49. The van der Waals surface area contributed by atoms with Gasteiger partial charge >= 0.3 is 12.0 Å². The van der Waals surface area contributed by atoms with Crippen LogP contribution in [0, 0.1) is 0 Å². The smallest absolute Gasteiger partial charge is 0.356 e. The van der Waals surface area contributed by atoms with Crippen LogP contribution in [-0.4, -0.2) is 50.7 Å². The molecule has 1 rings (SSSR count). The van der Waals surface area contributed by atoms with Gasteiger partial charge in [-0.15, -0.1) is 0 Å². The minimum Gasteiger partial charge on any atom is -0.476 e. The Morgan fingerprint density at radius 1 is 1.50 bits per heavy atom. The van der Waals surface area contributed by atoms with Gasteiger partial charge in [0, 0.05) is 31.9 Å². The predicted molar refractivity (Wildman–Crippen MR) is 74.7 cm³/mol. The van der Waals surface area contributed by atoms with Crippen molar-refractivity contribution >= 4 is 12.0 Å². The summed E-state index contributed by atoms with van der Waals surface area (Å²) >= 11 is 0. The molecule has 0 saturated heterocycles. The first kappa shape index (κ1) is 16.0. The van der Waals surface area contributed by atoms with E-state index in [1.165, 1.54) is 12.5 Å². The molecule has 2 N–H and O–H groups in total.